The molecule has 0 saturated heterocycles. The molecule has 3 aromatic carbocycles. The number of hydrogen-bond acceptors (Lipinski definition) is 5. The van der Waals surface area contributed by atoms with Crippen LogP contribution in [0.1, 0.15) is 26.6 Å². The van der Waals surface area contributed by atoms with E-state index in [1.54, 1.807) is 24.3 Å². The number of aromatic carboxylic acids is 2. The van der Waals surface area contributed by atoms with Gasteiger partial charge in [-0.3, -0.25) is 0 Å². The lowest BCUT2D eigenvalue weighted by Crippen LogP contribution is -2.03. The Hall–Kier alpha value is -4.70. The van der Waals surface area contributed by atoms with Crippen molar-refractivity contribution in [1.29, 1.82) is 0 Å². The number of hydrogen-bond donors (Lipinski definition) is 2. The first-order valence-corrected chi connectivity index (χ1v) is 13.7. The van der Waals surface area contributed by atoms with E-state index in [0.29, 0.717) is 38.4 Å². The molecule has 8 nitrogen and oxygen atoms in total. The van der Waals surface area contributed by atoms with Crippen molar-refractivity contribution in [3.63, 3.8) is 0 Å². The number of nitrogens with zero attached hydrogens (tertiary/aromatic N) is 3. The Morgan fingerprint density at radius 3 is 2.29 bits per heavy atom. The first kappa shape index (κ1) is 27.5. The number of carboxylic acids is 2. The summed E-state index contributed by atoms with van der Waals surface area (Å²) in [7, 11) is 0. The molecule has 0 atom stereocenters. The molecule has 0 aliphatic heterocycles. The third-order valence-corrected chi connectivity index (χ3v) is 7.95. The maximum absolute atomic E-state index is 11.7. The highest BCUT2D eigenvalue weighted by atomic mass is 35.5. The van der Waals surface area contributed by atoms with E-state index < -0.39 is 11.9 Å². The van der Waals surface area contributed by atoms with E-state index in [2.05, 4.69) is 5.10 Å². The Bertz CT molecular complexity index is 2080. The van der Waals surface area contributed by atoms with E-state index in [0.717, 1.165) is 27.5 Å². The molecule has 0 spiro atoms. The zero-order chi connectivity index (χ0) is 29.5. The molecule has 0 bridgehead atoms. The molecule has 11 heteroatoms. The van der Waals surface area contributed by atoms with Gasteiger partial charge in [0.2, 0.25) is 5.76 Å². The first-order valence-electron chi connectivity index (χ1n) is 12.5. The number of benzene rings is 3. The van der Waals surface area contributed by atoms with Crippen LogP contribution in [-0.4, -0.2) is 36.5 Å². The summed E-state index contributed by atoms with van der Waals surface area (Å²) < 4.78 is 9.57. The third-order valence-electron chi connectivity index (χ3n) is 6.76. The molecule has 0 unspecified atom stereocenters. The summed E-state index contributed by atoms with van der Waals surface area (Å²) in [5.41, 5.74) is 3.58. The smallest absolute Gasteiger partial charge is 0.371 e. The molecule has 2 N–H and O–H groups in total. The predicted molar refractivity (Wildman–Crippen MR) is 163 cm³/mol. The minimum absolute atomic E-state index is 0.0971. The molecule has 0 aliphatic rings. The van der Waals surface area contributed by atoms with Gasteiger partial charge >= 0.3 is 11.9 Å². The number of halogens is 2. The van der Waals surface area contributed by atoms with Crippen LogP contribution >= 0.6 is 35.4 Å². The number of aromatic nitrogens is 3. The quantitative estimate of drug-likeness (QED) is 0.174. The summed E-state index contributed by atoms with van der Waals surface area (Å²) in [6, 6.07) is 24.9. The predicted octanol–water partition coefficient (Wildman–Crippen LogP) is 8.23. The fourth-order valence-electron chi connectivity index (χ4n) is 4.66. The number of carboxylic acid groups (broad SMARTS) is 2. The van der Waals surface area contributed by atoms with Crippen LogP contribution in [0, 0.1) is 4.64 Å². The van der Waals surface area contributed by atoms with Crippen LogP contribution in [0.2, 0.25) is 10.0 Å². The van der Waals surface area contributed by atoms with Gasteiger partial charge in [-0.2, -0.15) is 5.10 Å². The molecule has 6 rings (SSSR count). The summed E-state index contributed by atoms with van der Waals surface area (Å²) in [5, 5.41) is 25.4. The second kappa shape index (κ2) is 10.9. The zero-order valence-electron chi connectivity index (χ0n) is 21.5. The summed E-state index contributed by atoms with van der Waals surface area (Å²) >= 11 is 18.1. The fraction of sp³-hybridized carbons (Fsp3) is 0.0323. The summed E-state index contributed by atoms with van der Waals surface area (Å²) in [6.45, 7) is 0.517. The van der Waals surface area contributed by atoms with Crippen molar-refractivity contribution in [3.8, 4) is 28.3 Å². The molecule has 0 saturated carbocycles. The average molecular weight is 616 g/mol. The van der Waals surface area contributed by atoms with Gasteiger partial charge in [0.1, 0.15) is 10.4 Å². The van der Waals surface area contributed by atoms with Gasteiger partial charge in [0.05, 0.1) is 21.4 Å². The molecular formula is C31H19Cl2N3O5S. The molecule has 0 amide bonds. The Balaban J connectivity index is 1.28. The second-order valence-electron chi connectivity index (χ2n) is 9.45. The van der Waals surface area contributed by atoms with Crippen molar-refractivity contribution in [1.82, 2.24) is 14.3 Å². The minimum Gasteiger partial charge on any atom is -0.476 e. The number of pyridine rings is 1. The average Bonchev–Trinajstić information content (AvgIpc) is 3.65. The monoisotopic (exact) mass is 615 g/mol. The van der Waals surface area contributed by atoms with E-state index in [1.807, 2.05) is 59.3 Å². The van der Waals surface area contributed by atoms with Gasteiger partial charge in [0.15, 0.2) is 5.69 Å². The zero-order valence-corrected chi connectivity index (χ0v) is 23.8. The largest absolute Gasteiger partial charge is 0.476 e. The van der Waals surface area contributed by atoms with Gasteiger partial charge < -0.3 is 19.2 Å². The van der Waals surface area contributed by atoms with Gasteiger partial charge in [0.25, 0.3) is 0 Å². The fourth-order valence-corrected chi connectivity index (χ4v) is 5.26. The van der Waals surface area contributed by atoms with Crippen LogP contribution in [-0.2, 0) is 6.54 Å². The van der Waals surface area contributed by atoms with Crippen molar-refractivity contribution < 1.29 is 24.2 Å². The van der Waals surface area contributed by atoms with Gasteiger partial charge in [-0.25, -0.2) is 14.3 Å². The van der Waals surface area contributed by atoms with E-state index in [4.69, 9.17) is 44.9 Å². The Kier molecular flexibility index (Phi) is 7.16. The number of carbonyl (C=O) groups is 2. The van der Waals surface area contributed by atoms with Crippen molar-refractivity contribution >= 4 is 58.1 Å². The molecule has 208 valence electrons. The van der Waals surface area contributed by atoms with Crippen LogP contribution in [0.3, 0.4) is 0 Å². The normalized spacial score (nSPS) is 11.2. The number of fused-ring (bicyclic) bond motifs is 1. The molecule has 3 heterocycles. The molecule has 0 radical (unpaired) electrons. The molecule has 3 aromatic heterocycles. The van der Waals surface area contributed by atoms with Crippen molar-refractivity contribution in [2.75, 3.05) is 0 Å². The maximum atomic E-state index is 11.7. The first-order chi connectivity index (χ1) is 20.2. The van der Waals surface area contributed by atoms with Crippen LogP contribution in [0.5, 0.6) is 0 Å². The van der Waals surface area contributed by atoms with E-state index in [1.165, 1.54) is 16.8 Å². The number of rotatable bonds is 7. The highest BCUT2D eigenvalue weighted by Crippen LogP contribution is 2.30. The second-order valence-corrected chi connectivity index (χ2v) is 10.6. The SMILES string of the molecule is O=C(O)c1cc(-c2ccc(Cn3ccc4cc(-c5ccc(C(=O)O)o5)ccc4c3=S)cc2)n(-c2ccc(Cl)c(Cl)c2)n1. The van der Waals surface area contributed by atoms with E-state index >= 15 is 0 Å². The maximum Gasteiger partial charge on any atom is 0.371 e. The summed E-state index contributed by atoms with van der Waals surface area (Å²) in [6.07, 6.45) is 1.91. The molecule has 42 heavy (non-hydrogen) atoms. The minimum atomic E-state index is -1.14. The highest BCUT2D eigenvalue weighted by molar-refractivity contribution is 7.71. The molecule has 0 fully saturated rings. The molecular weight excluding hydrogens is 597 g/mol. The standard InChI is InChI=1S/C31H19Cl2N3O5S/c32-23-8-6-21(14-24(23)33)36-26(15-25(34-36)30(37)38)18-3-1-17(2-4-18)16-35-12-11-19-13-20(5-7-22(19)29(35)42)27-9-10-28(41-27)31(39)40/h1-15H,16H2,(H,37,38)(H,39,40). The molecule has 0 aliphatic carbocycles. The van der Waals surface area contributed by atoms with Gasteiger partial charge in [-0.15, -0.1) is 0 Å². The van der Waals surface area contributed by atoms with Gasteiger partial charge in [-0.1, -0.05) is 71.8 Å². The topological polar surface area (TPSA) is 110 Å². The lowest BCUT2D eigenvalue weighted by atomic mass is 10.1. The van der Waals surface area contributed by atoms with Crippen LogP contribution in [0.25, 0.3) is 39.0 Å². The Morgan fingerprint density at radius 2 is 1.60 bits per heavy atom. The van der Waals surface area contributed by atoms with Gasteiger partial charge in [0, 0.05) is 29.3 Å². The van der Waals surface area contributed by atoms with Crippen LogP contribution < -0.4 is 0 Å². The van der Waals surface area contributed by atoms with Gasteiger partial charge in [-0.05, 0) is 59.5 Å². The Labute approximate surface area is 253 Å². The van der Waals surface area contributed by atoms with Crippen molar-refractivity contribution in [2.45, 2.75) is 6.54 Å². The third kappa shape index (κ3) is 5.21. The Morgan fingerprint density at radius 1 is 0.833 bits per heavy atom. The molecule has 6 aromatic rings. The van der Waals surface area contributed by atoms with Crippen molar-refractivity contribution in [2.24, 2.45) is 0 Å². The van der Waals surface area contributed by atoms with Crippen molar-refractivity contribution in [3.05, 3.63) is 123 Å². The van der Waals surface area contributed by atoms with Crippen LogP contribution in [0.15, 0.2) is 95.5 Å². The van der Waals surface area contributed by atoms with E-state index in [-0.39, 0.29) is 11.5 Å². The van der Waals surface area contributed by atoms with Crippen LogP contribution in [0.4, 0.5) is 0 Å². The summed E-state index contributed by atoms with van der Waals surface area (Å²) in [4.78, 5) is 22.8. The highest BCUT2D eigenvalue weighted by Gasteiger charge is 2.17. The number of furan rings is 1. The lowest BCUT2D eigenvalue weighted by molar-refractivity contribution is 0.0660. The lowest BCUT2D eigenvalue weighted by Gasteiger charge is -2.12. The summed E-state index contributed by atoms with van der Waals surface area (Å²) in [5.74, 6) is -1.91. The van der Waals surface area contributed by atoms with E-state index in [9.17, 15) is 14.7 Å².